The molecule has 3 aliphatic rings. The number of ether oxygens (including phenoxy) is 2. The predicted octanol–water partition coefficient (Wildman–Crippen LogP) is 3.44. The fourth-order valence-corrected chi connectivity index (χ4v) is 8.05. The van der Waals surface area contributed by atoms with Crippen LogP contribution < -0.4 is 21.5 Å². The highest BCUT2D eigenvalue weighted by atomic mass is 19.1. The monoisotopic (exact) mass is 856 g/mol. The van der Waals surface area contributed by atoms with Gasteiger partial charge in [0.1, 0.15) is 37.1 Å². The maximum atomic E-state index is 15.3. The van der Waals surface area contributed by atoms with Gasteiger partial charge in [-0.05, 0) is 55.4 Å². The van der Waals surface area contributed by atoms with Crippen molar-refractivity contribution in [2.45, 2.75) is 104 Å². The topological polar surface area (TPSA) is 215 Å². The Balaban J connectivity index is 0.971. The molecule has 330 valence electrons. The van der Waals surface area contributed by atoms with Crippen LogP contribution in [0.5, 0.6) is 0 Å². The molecule has 0 radical (unpaired) electrons. The lowest BCUT2D eigenvalue weighted by molar-refractivity contribution is -0.137. The Hall–Kier alpha value is -6.07. The Labute approximate surface area is 357 Å². The molecule has 5 heterocycles. The highest BCUT2D eigenvalue weighted by Crippen LogP contribution is 2.42. The predicted molar refractivity (Wildman–Crippen MR) is 224 cm³/mol. The van der Waals surface area contributed by atoms with E-state index in [1.165, 1.54) is 18.2 Å². The normalized spacial score (nSPS) is 17.4. The van der Waals surface area contributed by atoms with Gasteiger partial charge in [0.15, 0.2) is 5.78 Å². The Morgan fingerprint density at radius 1 is 1.03 bits per heavy atom. The van der Waals surface area contributed by atoms with Crippen LogP contribution in [0.15, 0.2) is 47.5 Å². The van der Waals surface area contributed by atoms with E-state index >= 15 is 4.39 Å². The minimum absolute atomic E-state index is 0.0208. The van der Waals surface area contributed by atoms with Crippen molar-refractivity contribution >= 4 is 46.2 Å². The zero-order chi connectivity index (χ0) is 45.0. The fraction of sp³-hybridized carbons (Fsp3) is 0.467. The summed E-state index contributed by atoms with van der Waals surface area (Å²) in [5, 5.41) is 20.1. The summed E-state index contributed by atoms with van der Waals surface area (Å²) in [6.45, 7) is 12.0. The van der Waals surface area contributed by atoms with Crippen molar-refractivity contribution in [3.8, 4) is 11.4 Å². The molecule has 0 saturated carbocycles. The first-order chi connectivity index (χ1) is 29.4. The number of hydrogen-bond donors (Lipinski definition) is 4. The maximum Gasteiger partial charge on any atom is 0.258 e. The highest BCUT2D eigenvalue weighted by Gasteiger charge is 2.41. The number of nitrogens with zero attached hydrogens (tertiary/aromatic N) is 3. The summed E-state index contributed by atoms with van der Waals surface area (Å²) >= 11 is 0. The van der Waals surface area contributed by atoms with E-state index in [4.69, 9.17) is 14.5 Å². The number of Topliss-reactive ketones (excluding diaryl/α,β-unsaturated/α-hetero) is 1. The molecule has 3 aliphatic heterocycles. The molecular formula is C45H53FN6O10. The van der Waals surface area contributed by atoms with Gasteiger partial charge >= 0.3 is 0 Å². The molecule has 6 rings (SSSR count). The fourth-order valence-electron chi connectivity index (χ4n) is 8.05. The van der Waals surface area contributed by atoms with Gasteiger partial charge in [-0.15, -0.1) is 0 Å². The van der Waals surface area contributed by atoms with Gasteiger partial charge in [0.05, 0.1) is 35.1 Å². The van der Waals surface area contributed by atoms with Crippen molar-refractivity contribution in [2.24, 2.45) is 11.8 Å². The van der Waals surface area contributed by atoms with E-state index in [1.807, 2.05) is 6.07 Å². The van der Waals surface area contributed by atoms with Gasteiger partial charge in [0.2, 0.25) is 17.7 Å². The van der Waals surface area contributed by atoms with Crippen LogP contribution in [0, 0.1) is 24.6 Å². The second-order valence-corrected chi connectivity index (χ2v) is 16.4. The Morgan fingerprint density at radius 3 is 2.45 bits per heavy atom. The van der Waals surface area contributed by atoms with Crippen molar-refractivity contribution in [3.05, 3.63) is 86.7 Å². The molecule has 0 unspecified atom stereocenters. The van der Waals surface area contributed by atoms with E-state index < -0.39 is 41.8 Å². The van der Waals surface area contributed by atoms with Crippen molar-refractivity contribution in [1.82, 2.24) is 30.4 Å². The lowest BCUT2D eigenvalue weighted by Gasteiger charge is -2.35. The molecule has 0 saturated heterocycles. The van der Waals surface area contributed by atoms with Gasteiger partial charge in [-0.25, -0.2) is 9.37 Å². The molecule has 4 N–H and O–H groups in total. The minimum atomic E-state index is -1.55. The van der Waals surface area contributed by atoms with Crippen molar-refractivity contribution in [2.75, 3.05) is 19.9 Å². The number of rotatable bonds is 19. The third kappa shape index (κ3) is 9.38. The van der Waals surface area contributed by atoms with Gasteiger partial charge in [-0.3, -0.25) is 38.5 Å². The first-order valence-electron chi connectivity index (χ1n) is 20.9. The summed E-state index contributed by atoms with van der Waals surface area (Å²) in [7, 11) is 0. The van der Waals surface area contributed by atoms with Crippen LogP contribution in [-0.2, 0) is 63.5 Å². The number of carbonyl (C=O) groups excluding carboxylic acids is 6. The minimum Gasteiger partial charge on any atom is -0.490 e. The number of halogens is 1. The average Bonchev–Trinajstić information content (AvgIpc) is 3.76. The molecule has 16 nitrogen and oxygen atoms in total. The zero-order valence-corrected chi connectivity index (χ0v) is 35.7. The number of unbranched alkanes of at least 4 members (excludes halogenated alkanes) is 2. The standard InChI is InChI=1S/C45H53FN6O10/c1-7-45(60)27(6)62-21-31-32(45)17-35-42-28(20-52(35)44(31)59)16-29-30(26(5)33(46)18-34(29)49-42)19-47-38(55)22-61-23-48-43(58)25(4)15-36(53)41(24(2)3)50-37(54)11-9-8-10-14-51-39(56)12-13-40(51)57/h12-13,16-18,24-25,41,60H,6-11,14-15,19-23H2,1-5H3,(H,47,55)(H,48,58)(H,50,54)/t25-,41+,45-/m1/s1. The third-order valence-electron chi connectivity index (χ3n) is 11.8. The van der Waals surface area contributed by atoms with E-state index in [0.29, 0.717) is 69.4 Å². The van der Waals surface area contributed by atoms with Crippen LogP contribution in [0.25, 0.3) is 22.3 Å². The molecule has 3 aromatic rings. The number of carbonyl (C=O) groups is 6. The SMILES string of the molecule is C=C1OCc2c(cc3n(c2=O)Cc2cc4c(CNC(=O)COCNC(=O)[C@H](C)CC(=O)[C@@H](NC(=O)CCCCCN5C(=O)C=CC5=O)C(C)C)c(C)c(F)cc4nc2-3)[C@@]1(O)CC. The molecule has 17 heteroatoms. The van der Waals surface area contributed by atoms with E-state index in [0.717, 1.165) is 4.90 Å². The number of fused-ring (bicyclic) bond motifs is 5. The first-order valence-corrected chi connectivity index (χ1v) is 20.9. The summed E-state index contributed by atoms with van der Waals surface area (Å²) in [4.78, 5) is 94.4. The first kappa shape index (κ1) is 45.5. The van der Waals surface area contributed by atoms with Gasteiger partial charge in [0, 0.05) is 66.6 Å². The van der Waals surface area contributed by atoms with Crippen molar-refractivity contribution < 1.29 is 47.7 Å². The Morgan fingerprint density at radius 2 is 1.76 bits per heavy atom. The van der Waals surface area contributed by atoms with Crippen LogP contribution in [0.4, 0.5) is 4.39 Å². The van der Waals surface area contributed by atoms with E-state index in [9.17, 15) is 38.7 Å². The summed E-state index contributed by atoms with van der Waals surface area (Å²) < 4.78 is 27.8. The smallest absolute Gasteiger partial charge is 0.258 e. The summed E-state index contributed by atoms with van der Waals surface area (Å²) in [5.41, 5.74) is 1.69. The number of aliphatic hydroxyl groups is 1. The lowest BCUT2D eigenvalue weighted by Crippen LogP contribution is -2.45. The van der Waals surface area contributed by atoms with Crippen LogP contribution in [0.1, 0.15) is 94.0 Å². The average molecular weight is 857 g/mol. The summed E-state index contributed by atoms with van der Waals surface area (Å²) in [5.74, 6) is -3.68. The lowest BCUT2D eigenvalue weighted by atomic mass is 9.84. The molecule has 0 spiro atoms. The van der Waals surface area contributed by atoms with Crippen LogP contribution >= 0.6 is 0 Å². The largest absolute Gasteiger partial charge is 0.490 e. The number of imide groups is 1. The molecular weight excluding hydrogens is 804 g/mol. The van der Waals surface area contributed by atoms with Crippen LogP contribution in [0.3, 0.4) is 0 Å². The van der Waals surface area contributed by atoms with Crippen LogP contribution in [-0.4, -0.2) is 80.8 Å². The number of hydrogen-bond acceptors (Lipinski definition) is 11. The zero-order valence-electron chi connectivity index (χ0n) is 35.7. The van der Waals surface area contributed by atoms with Gasteiger partial charge < -0.3 is 35.1 Å². The maximum absolute atomic E-state index is 15.3. The molecule has 2 aromatic heterocycles. The quantitative estimate of drug-likeness (QED) is 0.0609. The Bertz CT molecular complexity index is 2430. The molecule has 1 aromatic carbocycles. The number of benzene rings is 1. The van der Waals surface area contributed by atoms with E-state index in [1.54, 1.807) is 45.3 Å². The number of pyridine rings is 2. The van der Waals surface area contributed by atoms with E-state index in [-0.39, 0.29) is 93.0 Å². The van der Waals surface area contributed by atoms with Crippen LogP contribution in [0.2, 0.25) is 0 Å². The van der Waals surface area contributed by atoms with E-state index in [2.05, 4.69) is 22.5 Å². The van der Waals surface area contributed by atoms with Crippen molar-refractivity contribution in [1.29, 1.82) is 0 Å². The summed E-state index contributed by atoms with van der Waals surface area (Å²) in [6, 6.07) is 4.08. The molecule has 3 atom stereocenters. The Kier molecular flexibility index (Phi) is 13.9. The van der Waals surface area contributed by atoms with Crippen molar-refractivity contribution in [3.63, 3.8) is 0 Å². The number of nitrogens with one attached hydrogen (secondary N) is 3. The summed E-state index contributed by atoms with van der Waals surface area (Å²) in [6.07, 6.45) is 4.39. The number of ketones is 1. The number of amides is 5. The highest BCUT2D eigenvalue weighted by molar-refractivity contribution is 6.12. The molecule has 5 amide bonds. The molecule has 0 aliphatic carbocycles. The van der Waals surface area contributed by atoms with Gasteiger partial charge in [-0.1, -0.05) is 40.7 Å². The third-order valence-corrected chi connectivity index (χ3v) is 11.8. The molecule has 62 heavy (non-hydrogen) atoms. The number of aromatic nitrogens is 2. The molecule has 0 bridgehead atoms. The second-order valence-electron chi connectivity index (χ2n) is 16.4. The molecule has 0 fully saturated rings. The van der Waals surface area contributed by atoms with Gasteiger partial charge in [-0.2, -0.15) is 0 Å². The van der Waals surface area contributed by atoms with Gasteiger partial charge in [0.25, 0.3) is 17.4 Å². The second kappa shape index (κ2) is 18.9.